The fourth-order valence-corrected chi connectivity index (χ4v) is 1.89. The molecule has 1 aliphatic carbocycles. The molecule has 1 saturated carbocycles. The van der Waals surface area contributed by atoms with Gasteiger partial charge >= 0.3 is 0 Å². The van der Waals surface area contributed by atoms with Crippen LogP contribution in [0.2, 0.25) is 0 Å². The summed E-state index contributed by atoms with van der Waals surface area (Å²) in [7, 11) is 0. The maximum absolute atomic E-state index is 8.37. The summed E-state index contributed by atoms with van der Waals surface area (Å²) < 4.78 is 0. The van der Waals surface area contributed by atoms with E-state index >= 15 is 0 Å². The van der Waals surface area contributed by atoms with Crippen LogP contribution >= 0.6 is 0 Å². The number of hydrogen-bond donors (Lipinski definition) is 4. The lowest BCUT2D eigenvalue weighted by Crippen LogP contribution is -2.32. The van der Waals surface area contributed by atoms with Crippen LogP contribution in [0.25, 0.3) is 0 Å². The zero-order valence-corrected chi connectivity index (χ0v) is 9.93. The molecule has 1 aliphatic rings. The summed E-state index contributed by atoms with van der Waals surface area (Å²) in [5, 5.41) is 21.3. The highest BCUT2D eigenvalue weighted by molar-refractivity contribution is 5.79. The first-order chi connectivity index (χ1) is 8.65. The van der Waals surface area contributed by atoms with Gasteiger partial charge in [0.1, 0.15) is 0 Å². The van der Waals surface area contributed by atoms with Gasteiger partial charge in [-0.2, -0.15) is 10.5 Å². The molecule has 0 unspecified atom stereocenters. The van der Waals surface area contributed by atoms with Crippen molar-refractivity contribution in [2.45, 2.75) is 37.8 Å². The Kier molecular flexibility index (Phi) is 5.26. The SMILES string of the molecule is N#CNC(N)=NC1CCC(N=C(N)NC#N)CC1. The summed E-state index contributed by atoms with van der Waals surface area (Å²) >= 11 is 0. The Morgan fingerprint density at radius 1 is 0.889 bits per heavy atom. The molecule has 8 heteroatoms. The molecule has 0 atom stereocenters. The van der Waals surface area contributed by atoms with Crippen LogP contribution in [0.4, 0.5) is 0 Å². The lowest BCUT2D eigenvalue weighted by molar-refractivity contribution is 0.396. The van der Waals surface area contributed by atoms with E-state index < -0.39 is 0 Å². The van der Waals surface area contributed by atoms with Gasteiger partial charge in [0, 0.05) is 0 Å². The van der Waals surface area contributed by atoms with Crippen molar-refractivity contribution in [1.29, 1.82) is 10.5 Å². The molecule has 0 radical (unpaired) electrons. The Bertz CT molecular complexity index is 365. The standard InChI is InChI=1S/C10H16N8/c11-5-15-9(13)17-7-1-2-8(4-3-7)18-10(14)16-6-12/h7-8H,1-4H2,(H3,13,15,17)(H3,14,16,18). The van der Waals surface area contributed by atoms with Crippen molar-refractivity contribution in [2.24, 2.45) is 21.5 Å². The number of guanidine groups is 2. The van der Waals surface area contributed by atoms with Crippen LogP contribution in [0, 0.1) is 22.9 Å². The van der Waals surface area contributed by atoms with Crippen LogP contribution in [0.15, 0.2) is 9.98 Å². The van der Waals surface area contributed by atoms with Crippen molar-refractivity contribution < 1.29 is 0 Å². The predicted molar refractivity (Wildman–Crippen MR) is 66.8 cm³/mol. The predicted octanol–water partition coefficient (Wildman–Crippen LogP) is -0.932. The Morgan fingerprint density at radius 3 is 1.50 bits per heavy atom. The van der Waals surface area contributed by atoms with Gasteiger partial charge in [-0.15, -0.1) is 0 Å². The van der Waals surface area contributed by atoms with Crippen LogP contribution in [-0.4, -0.2) is 24.0 Å². The van der Waals surface area contributed by atoms with Gasteiger partial charge in [0.05, 0.1) is 12.1 Å². The number of aliphatic imine (C=N–C) groups is 2. The summed E-state index contributed by atoms with van der Waals surface area (Å²) in [6, 6.07) is 0.227. The molecule has 8 nitrogen and oxygen atoms in total. The fourth-order valence-electron chi connectivity index (χ4n) is 1.89. The van der Waals surface area contributed by atoms with Gasteiger partial charge in [-0.25, -0.2) is 9.98 Å². The Morgan fingerprint density at radius 2 is 1.22 bits per heavy atom. The molecule has 1 rings (SSSR count). The third-order valence-corrected chi connectivity index (χ3v) is 2.68. The summed E-state index contributed by atoms with van der Waals surface area (Å²) in [4.78, 5) is 8.38. The average Bonchev–Trinajstić information content (AvgIpc) is 2.32. The van der Waals surface area contributed by atoms with Crippen molar-refractivity contribution in [2.75, 3.05) is 0 Å². The minimum Gasteiger partial charge on any atom is -0.369 e. The van der Waals surface area contributed by atoms with Crippen molar-refractivity contribution in [3.05, 3.63) is 0 Å². The monoisotopic (exact) mass is 248 g/mol. The number of nitrogens with zero attached hydrogens (tertiary/aromatic N) is 4. The summed E-state index contributed by atoms with van der Waals surface area (Å²) in [5.74, 6) is 0.297. The van der Waals surface area contributed by atoms with Crippen LogP contribution in [0.1, 0.15) is 25.7 Å². The first kappa shape index (κ1) is 13.6. The fraction of sp³-hybridized carbons (Fsp3) is 0.600. The molecule has 0 saturated heterocycles. The molecule has 18 heavy (non-hydrogen) atoms. The van der Waals surface area contributed by atoms with E-state index in [4.69, 9.17) is 22.0 Å². The molecule has 0 bridgehead atoms. The van der Waals surface area contributed by atoms with Gasteiger partial charge in [-0.3, -0.25) is 10.6 Å². The van der Waals surface area contributed by atoms with Gasteiger partial charge < -0.3 is 11.5 Å². The van der Waals surface area contributed by atoms with Gasteiger partial charge in [-0.1, -0.05) is 0 Å². The Labute approximate surface area is 105 Å². The van der Waals surface area contributed by atoms with E-state index in [-0.39, 0.29) is 24.0 Å². The minimum absolute atomic E-state index is 0.113. The zero-order valence-electron chi connectivity index (χ0n) is 9.93. The van der Waals surface area contributed by atoms with Crippen LogP contribution in [0.5, 0.6) is 0 Å². The third kappa shape index (κ3) is 4.58. The van der Waals surface area contributed by atoms with Gasteiger partial charge in [-0.05, 0) is 25.7 Å². The second kappa shape index (κ2) is 6.97. The topological polar surface area (TPSA) is 148 Å². The molecule has 0 aromatic heterocycles. The molecule has 1 fully saturated rings. The molecular formula is C10H16N8. The summed E-state index contributed by atoms with van der Waals surface area (Å²) in [6.45, 7) is 0. The third-order valence-electron chi connectivity index (χ3n) is 2.68. The van der Waals surface area contributed by atoms with E-state index in [2.05, 4.69) is 20.6 Å². The first-order valence-corrected chi connectivity index (χ1v) is 5.62. The zero-order chi connectivity index (χ0) is 13.4. The molecule has 6 N–H and O–H groups in total. The molecule has 0 aromatic carbocycles. The molecular weight excluding hydrogens is 232 g/mol. The Hall–Kier alpha value is -2.48. The maximum Gasteiger partial charge on any atom is 0.202 e. The van der Waals surface area contributed by atoms with E-state index in [1.807, 2.05) is 0 Å². The molecule has 0 spiro atoms. The number of nitriles is 2. The summed E-state index contributed by atoms with van der Waals surface area (Å²) in [5.41, 5.74) is 11.0. The minimum atomic E-state index is 0.113. The first-order valence-electron chi connectivity index (χ1n) is 5.62. The summed E-state index contributed by atoms with van der Waals surface area (Å²) in [6.07, 6.45) is 6.79. The smallest absolute Gasteiger partial charge is 0.202 e. The second-order valence-electron chi connectivity index (χ2n) is 3.96. The molecule has 0 heterocycles. The van der Waals surface area contributed by atoms with Crippen molar-refractivity contribution >= 4 is 11.9 Å². The molecule has 96 valence electrons. The van der Waals surface area contributed by atoms with Crippen LogP contribution in [-0.2, 0) is 0 Å². The van der Waals surface area contributed by atoms with Crippen molar-refractivity contribution in [3.63, 3.8) is 0 Å². The number of nitrogens with two attached hydrogens (primary N) is 2. The quantitative estimate of drug-likeness (QED) is 0.215. The normalized spacial score (nSPS) is 24.8. The average molecular weight is 248 g/mol. The highest BCUT2D eigenvalue weighted by Crippen LogP contribution is 2.23. The molecule has 0 aliphatic heterocycles. The van der Waals surface area contributed by atoms with E-state index in [0.29, 0.717) is 0 Å². The van der Waals surface area contributed by atoms with E-state index in [0.717, 1.165) is 25.7 Å². The van der Waals surface area contributed by atoms with Gasteiger partial charge in [0.15, 0.2) is 12.4 Å². The lowest BCUT2D eigenvalue weighted by atomic mass is 9.92. The van der Waals surface area contributed by atoms with E-state index in [1.54, 1.807) is 12.4 Å². The van der Waals surface area contributed by atoms with Gasteiger partial charge in [0.25, 0.3) is 0 Å². The Balaban J connectivity index is 2.42. The van der Waals surface area contributed by atoms with Crippen LogP contribution in [0.3, 0.4) is 0 Å². The molecule has 0 amide bonds. The van der Waals surface area contributed by atoms with Crippen molar-refractivity contribution in [3.8, 4) is 12.4 Å². The van der Waals surface area contributed by atoms with E-state index in [9.17, 15) is 0 Å². The van der Waals surface area contributed by atoms with Gasteiger partial charge in [0.2, 0.25) is 11.9 Å². The highest BCUT2D eigenvalue weighted by atomic mass is 15.1. The maximum atomic E-state index is 8.37. The second-order valence-corrected chi connectivity index (χ2v) is 3.96. The number of hydrogen-bond acceptors (Lipinski definition) is 4. The number of rotatable bonds is 2. The van der Waals surface area contributed by atoms with Crippen molar-refractivity contribution in [1.82, 2.24) is 10.6 Å². The molecule has 0 aromatic rings. The van der Waals surface area contributed by atoms with E-state index in [1.165, 1.54) is 0 Å². The number of nitrogens with one attached hydrogen (secondary N) is 2. The van der Waals surface area contributed by atoms with Crippen LogP contribution < -0.4 is 22.1 Å². The lowest BCUT2D eigenvalue weighted by Gasteiger charge is -2.23. The largest absolute Gasteiger partial charge is 0.369 e. The highest BCUT2D eigenvalue weighted by Gasteiger charge is 2.20.